The molecule has 1 atom stereocenters. The van der Waals surface area contributed by atoms with E-state index >= 15 is 0 Å². The summed E-state index contributed by atoms with van der Waals surface area (Å²) < 4.78 is 5.14. The van der Waals surface area contributed by atoms with Gasteiger partial charge in [0.1, 0.15) is 11.1 Å². The Hall–Kier alpha value is -1.79. The van der Waals surface area contributed by atoms with E-state index in [9.17, 15) is 14.4 Å². The standard InChI is InChI=1S/C14H25N3O4/c1-9(2)6-7-14(10(18)16-11(19)17-14)8-15-12(20)21-13(3,4)5/h9H,6-8H2,1-5H3,(H,15,20)(H2,16,17,18,19)/t14-/m1/s1. The molecule has 0 aromatic heterocycles. The minimum Gasteiger partial charge on any atom is -0.444 e. The molecule has 0 saturated carbocycles. The average molecular weight is 299 g/mol. The number of imide groups is 1. The smallest absolute Gasteiger partial charge is 0.407 e. The van der Waals surface area contributed by atoms with E-state index in [-0.39, 0.29) is 6.54 Å². The third-order valence-electron chi connectivity index (χ3n) is 3.10. The molecule has 21 heavy (non-hydrogen) atoms. The van der Waals surface area contributed by atoms with Crippen molar-refractivity contribution in [3.05, 3.63) is 0 Å². The van der Waals surface area contributed by atoms with Gasteiger partial charge in [-0.2, -0.15) is 0 Å². The normalized spacial score (nSPS) is 22.0. The van der Waals surface area contributed by atoms with E-state index < -0.39 is 29.2 Å². The first-order valence-electron chi connectivity index (χ1n) is 7.14. The van der Waals surface area contributed by atoms with Crippen molar-refractivity contribution >= 4 is 18.0 Å². The van der Waals surface area contributed by atoms with E-state index in [0.717, 1.165) is 6.42 Å². The maximum Gasteiger partial charge on any atom is 0.407 e. The van der Waals surface area contributed by atoms with Gasteiger partial charge in [-0.15, -0.1) is 0 Å². The largest absolute Gasteiger partial charge is 0.444 e. The number of urea groups is 1. The summed E-state index contributed by atoms with van der Waals surface area (Å²) in [5.74, 6) is -0.0297. The number of alkyl carbamates (subject to hydrolysis) is 1. The van der Waals surface area contributed by atoms with Gasteiger partial charge in [-0.25, -0.2) is 9.59 Å². The third kappa shape index (κ3) is 5.24. The minimum absolute atomic E-state index is 0.00616. The molecule has 4 amide bonds. The van der Waals surface area contributed by atoms with E-state index in [1.54, 1.807) is 20.8 Å². The molecule has 0 aliphatic carbocycles. The first-order chi connectivity index (χ1) is 9.54. The highest BCUT2D eigenvalue weighted by atomic mass is 16.6. The topological polar surface area (TPSA) is 96.5 Å². The number of ether oxygens (including phenoxy) is 1. The fourth-order valence-corrected chi connectivity index (χ4v) is 1.99. The molecule has 0 aromatic carbocycles. The van der Waals surface area contributed by atoms with Crippen molar-refractivity contribution in [3.8, 4) is 0 Å². The predicted octanol–water partition coefficient (Wildman–Crippen LogP) is 1.53. The molecule has 0 aromatic rings. The van der Waals surface area contributed by atoms with Crippen molar-refractivity contribution in [2.24, 2.45) is 5.92 Å². The molecule has 0 unspecified atom stereocenters. The van der Waals surface area contributed by atoms with Gasteiger partial charge in [0.25, 0.3) is 5.91 Å². The van der Waals surface area contributed by atoms with Crippen LogP contribution in [0.3, 0.4) is 0 Å². The summed E-state index contributed by atoms with van der Waals surface area (Å²) in [6, 6.07) is -0.533. The van der Waals surface area contributed by atoms with Gasteiger partial charge in [-0.1, -0.05) is 13.8 Å². The summed E-state index contributed by atoms with van der Waals surface area (Å²) in [6.45, 7) is 9.33. The summed E-state index contributed by atoms with van der Waals surface area (Å²) in [6.07, 6.45) is 0.599. The molecular weight excluding hydrogens is 274 g/mol. The van der Waals surface area contributed by atoms with Crippen molar-refractivity contribution in [1.82, 2.24) is 16.0 Å². The van der Waals surface area contributed by atoms with Crippen LogP contribution in [0.2, 0.25) is 0 Å². The van der Waals surface area contributed by atoms with E-state index in [4.69, 9.17) is 4.74 Å². The predicted molar refractivity (Wildman–Crippen MR) is 77.7 cm³/mol. The highest BCUT2D eigenvalue weighted by molar-refractivity contribution is 6.07. The van der Waals surface area contributed by atoms with Gasteiger partial charge in [0, 0.05) is 0 Å². The molecule has 1 saturated heterocycles. The Morgan fingerprint density at radius 3 is 2.38 bits per heavy atom. The van der Waals surface area contributed by atoms with Crippen LogP contribution in [-0.4, -0.2) is 35.7 Å². The Labute approximate surface area is 125 Å². The molecule has 1 heterocycles. The van der Waals surface area contributed by atoms with Crippen LogP contribution >= 0.6 is 0 Å². The molecule has 3 N–H and O–H groups in total. The highest BCUT2D eigenvalue weighted by Crippen LogP contribution is 2.20. The maximum absolute atomic E-state index is 12.0. The van der Waals surface area contributed by atoms with Crippen molar-refractivity contribution in [2.45, 2.75) is 58.6 Å². The van der Waals surface area contributed by atoms with E-state index in [1.807, 2.05) is 13.8 Å². The zero-order valence-electron chi connectivity index (χ0n) is 13.3. The van der Waals surface area contributed by atoms with Crippen LogP contribution in [0.4, 0.5) is 9.59 Å². The van der Waals surface area contributed by atoms with E-state index in [1.165, 1.54) is 0 Å². The van der Waals surface area contributed by atoms with Crippen molar-refractivity contribution < 1.29 is 19.1 Å². The zero-order chi connectivity index (χ0) is 16.3. The average Bonchev–Trinajstić information content (AvgIpc) is 2.57. The first-order valence-corrected chi connectivity index (χ1v) is 7.14. The number of nitrogens with one attached hydrogen (secondary N) is 3. The van der Waals surface area contributed by atoms with E-state index in [0.29, 0.717) is 12.3 Å². The minimum atomic E-state index is -1.10. The molecule has 7 nitrogen and oxygen atoms in total. The van der Waals surface area contributed by atoms with Crippen molar-refractivity contribution in [2.75, 3.05) is 6.54 Å². The fourth-order valence-electron chi connectivity index (χ4n) is 1.99. The lowest BCUT2D eigenvalue weighted by atomic mass is 9.90. The molecule has 120 valence electrons. The van der Waals surface area contributed by atoms with Gasteiger partial charge < -0.3 is 15.4 Å². The molecular formula is C14H25N3O4. The molecule has 1 aliphatic rings. The Morgan fingerprint density at radius 1 is 1.33 bits per heavy atom. The van der Waals surface area contributed by atoms with Crippen LogP contribution in [-0.2, 0) is 9.53 Å². The summed E-state index contributed by atoms with van der Waals surface area (Å²) >= 11 is 0. The van der Waals surface area contributed by atoms with E-state index in [2.05, 4.69) is 16.0 Å². The molecule has 1 rings (SSSR count). The van der Waals surface area contributed by atoms with Crippen molar-refractivity contribution in [3.63, 3.8) is 0 Å². The van der Waals surface area contributed by atoms with Gasteiger partial charge in [-0.05, 0) is 39.5 Å². The summed E-state index contributed by atoms with van der Waals surface area (Å²) in [4.78, 5) is 35.1. The van der Waals surface area contributed by atoms with Crippen LogP contribution in [0.15, 0.2) is 0 Å². The second-order valence-corrected chi connectivity index (χ2v) is 6.78. The van der Waals surface area contributed by atoms with Gasteiger partial charge >= 0.3 is 12.1 Å². The lowest BCUT2D eigenvalue weighted by Crippen LogP contribution is -2.55. The molecule has 1 aliphatic heterocycles. The summed E-state index contributed by atoms with van der Waals surface area (Å²) in [5, 5.41) is 7.40. The fraction of sp³-hybridized carbons (Fsp3) is 0.786. The van der Waals surface area contributed by atoms with Crippen LogP contribution in [0.25, 0.3) is 0 Å². The molecule has 7 heteroatoms. The number of amides is 4. The number of rotatable bonds is 5. The van der Waals surface area contributed by atoms with Crippen LogP contribution < -0.4 is 16.0 Å². The van der Waals surface area contributed by atoms with Crippen molar-refractivity contribution in [1.29, 1.82) is 0 Å². The SMILES string of the molecule is CC(C)CC[C@]1(CNC(=O)OC(C)(C)C)NC(=O)NC1=O. The molecule has 1 fully saturated rings. The number of hydrogen-bond acceptors (Lipinski definition) is 4. The van der Waals surface area contributed by atoms with Gasteiger partial charge in [0.15, 0.2) is 0 Å². The lowest BCUT2D eigenvalue weighted by molar-refractivity contribution is -0.124. The number of carbonyl (C=O) groups excluding carboxylic acids is 3. The quantitative estimate of drug-likeness (QED) is 0.671. The highest BCUT2D eigenvalue weighted by Gasteiger charge is 2.46. The Kier molecular flexibility index (Phi) is 5.20. The third-order valence-corrected chi connectivity index (χ3v) is 3.10. The number of carbonyl (C=O) groups is 3. The molecule has 0 radical (unpaired) electrons. The zero-order valence-corrected chi connectivity index (χ0v) is 13.3. The second kappa shape index (κ2) is 6.32. The van der Waals surface area contributed by atoms with Crippen LogP contribution in [0.1, 0.15) is 47.5 Å². The second-order valence-electron chi connectivity index (χ2n) is 6.78. The number of hydrogen-bond donors (Lipinski definition) is 3. The van der Waals surface area contributed by atoms with Crippen LogP contribution in [0.5, 0.6) is 0 Å². The Morgan fingerprint density at radius 2 is 1.95 bits per heavy atom. The van der Waals surface area contributed by atoms with Gasteiger partial charge in [0.05, 0.1) is 6.54 Å². The lowest BCUT2D eigenvalue weighted by Gasteiger charge is -2.28. The monoisotopic (exact) mass is 299 g/mol. The van der Waals surface area contributed by atoms with Crippen LogP contribution in [0, 0.1) is 5.92 Å². The first kappa shape index (κ1) is 17.3. The van der Waals surface area contributed by atoms with Gasteiger partial charge in [-0.3, -0.25) is 10.1 Å². The molecule has 0 bridgehead atoms. The summed E-state index contributed by atoms with van der Waals surface area (Å²) in [5.41, 5.74) is -1.71. The van der Waals surface area contributed by atoms with Gasteiger partial charge in [0.2, 0.25) is 0 Å². The summed E-state index contributed by atoms with van der Waals surface area (Å²) in [7, 11) is 0. The maximum atomic E-state index is 12.0. The Bertz CT molecular complexity index is 428. The Balaban J connectivity index is 2.68. The molecule has 0 spiro atoms.